The van der Waals surface area contributed by atoms with Gasteiger partial charge in [0.15, 0.2) is 0 Å². The van der Waals surface area contributed by atoms with Gasteiger partial charge in [0.05, 0.1) is 0 Å². The molecule has 1 atom stereocenters. The number of aldehydes is 1. The maximum absolute atomic E-state index is 10.8. The Hall–Kier alpha value is -0.370. The van der Waals surface area contributed by atoms with Crippen molar-refractivity contribution < 1.29 is 4.79 Å². The second-order valence-electron chi connectivity index (χ2n) is 4.86. The van der Waals surface area contributed by atoms with Crippen LogP contribution in [0.3, 0.4) is 0 Å². The van der Waals surface area contributed by atoms with Gasteiger partial charge in [-0.25, -0.2) is 0 Å². The molecule has 0 aromatic rings. The van der Waals surface area contributed by atoms with Crippen molar-refractivity contribution in [3.8, 4) is 0 Å². The third-order valence-electron chi connectivity index (χ3n) is 3.32. The first-order valence-corrected chi connectivity index (χ1v) is 5.30. The van der Waals surface area contributed by atoms with Crippen molar-refractivity contribution in [3.63, 3.8) is 0 Å². The number of rotatable bonds is 3. The lowest BCUT2D eigenvalue weighted by atomic mass is 9.73. The molecule has 0 saturated heterocycles. The first kappa shape index (κ1) is 10.7. The molecule has 2 nitrogen and oxygen atoms in total. The molecular weight excluding hydrogens is 162 g/mol. The predicted octanol–water partition coefficient (Wildman–Crippen LogP) is 2.12. The highest BCUT2D eigenvalue weighted by Gasteiger charge is 2.32. The largest absolute Gasteiger partial charge is 0.327 e. The fraction of sp³-hybridized carbons (Fsp3) is 0.909. The van der Waals surface area contributed by atoms with E-state index in [1.54, 1.807) is 0 Å². The summed E-state index contributed by atoms with van der Waals surface area (Å²) in [6.45, 7) is 3.89. The maximum atomic E-state index is 10.8. The summed E-state index contributed by atoms with van der Waals surface area (Å²) < 4.78 is 0. The normalized spacial score (nSPS) is 22.7. The van der Waals surface area contributed by atoms with Crippen molar-refractivity contribution in [2.24, 2.45) is 17.1 Å². The fourth-order valence-corrected chi connectivity index (χ4v) is 2.18. The van der Waals surface area contributed by atoms with E-state index in [0.29, 0.717) is 5.92 Å². The molecule has 0 aromatic heterocycles. The molecule has 1 rings (SSSR count). The Bertz CT molecular complexity index is 171. The van der Waals surface area contributed by atoms with Gasteiger partial charge in [0.1, 0.15) is 6.29 Å². The number of nitrogens with two attached hydrogens (primary N) is 1. The number of hydrogen-bond acceptors (Lipinski definition) is 2. The molecule has 1 fully saturated rings. The molecule has 0 spiro atoms. The first-order chi connectivity index (χ1) is 6.08. The number of carbonyl (C=O) groups is 1. The standard InChI is InChI=1S/C11H21NO/c1-11(2,8-13)10(12)9-6-4-3-5-7-9/h8-10H,3-7,12H2,1-2H3. The summed E-state index contributed by atoms with van der Waals surface area (Å²) in [5.41, 5.74) is 5.76. The highest BCUT2D eigenvalue weighted by Crippen LogP contribution is 2.32. The first-order valence-electron chi connectivity index (χ1n) is 5.30. The van der Waals surface area contributed by atoms with Gasteiger partial charge in [-0.1, -0.05) is 33.1 Å². The van der Waals surface area contributed by atoms with E-state index in [1.807, 2.05) is 13.8 Å². The van der Waals surface area contributed by atoms with Gasteiger partial charge < -0.3 is 10.5 Å². The summed E-state index contributed by atoms with van der Waals surface area (Å²) in [7, 11) is 0. The molecule has 1 aliphatic rings. The van der Waals surface area contributed by atoms with Crippen LogP contribution in [0, 0.1) is 11.3 Å². The van der Waals surface area contributed by atoms with Crippen molar-refractivity contribution in [1.82, 2.24) is 0 Å². The second-order valence-corrected chi connectivity index (χ2v) is 4.86. The summed E-state index contributed by atoms with van der Waals surface area (Å²) in [5, 5.41) is 0. The molecule has 0 radical (unpaired) electrons. The van der Waals surface area contributed by atoms with Crippen LogP contribution in [0.15, 0.2) is 0 Å². The maximum Gasteiger partial charge on any atom is 0.127 e. The zero-order valence-corrected chi connectivity index (χ0v) is 8.75. The van der Waals surface area contributed by atoms with Crippen LogP contribution in [0.25, 0.3) is 0 Å². The lowest BCUT2D eigenvalue weighted by Crippen LogP contribution is -2.45. The molecule has 1 unspecified atom stereocenters. The van der Waals surface area contributed by atoms with Crippen molar-refractivity contribution >= 4 is 6.29 Å². The Kier molecular flexibility index (Phi) is 3.48. The zero-order chi connectivity index (χ0) is 9.90. The van der Waals surface area contributed by atoms with E-state index in [2.05, 4.69) is 0 Å². The van der Waals surface area contributed by atoms with Crippen molar-refractivity contribution in [1.29, 1.82) is 0 Å². The Morgan fingerprint density at radius 1 is 1.31 bits per heavy atom. The van der Waals surface area contributed by atoms with Gasteiger partial charge in [0.2, 0.25) is 0 Å². The minimum absolute atomic E-state index is 0.0466. The van der Waals surface area contributed by atoms with Crippen LogP contribution in [0.4, 0.5) is 0 Å². The van der Waals surface area contributed by atoms with Crippen molar-refractivity contribution in [2.45, 2.75) is 52.0 Å². The quantitative estimate of drug-likeness (QED) is 0.681. The molecule has 1 aliphatic carbocycles. The Morgan fingerprint density at radius 2 is 1.85 bits per heavy atom. The Balaban J connectivity index is 2.54. The van der Waals surface area contributed by atoms with E-state index in [1.165, 1.54) is 32.1 Å². The van der Waals surface area contributed by atoms with Gasteiger partial charge in [-0.05, 0) is 18.8 Å². The van der Waals surface area contributed by atoms with E-state index < -0.39 is 0 Å². The fourth-order valence-electron chi connectivity index (χ4n) is 2.18. The minimum Gasteiger partial charge on any atom is -0.327 e. The monoisotopic (exact) mass is 183 g/mol. The molecule has 0 aliphatic heterocycles. The zero-order valence-electron chi connectivity index (χ0n) is 8.75. The van der Waals surface area contributed by atoms with Gasteiger partial charge in [-0.15, -0.1) is 0 Å². The van der Waals surface area contributed by atoms with Crippen LogP contribution in [-0.2, 0) is 4.79 Å². The van der Waals surface area contributed by atoms with Crippen LogP contribution in [0.2, 0.25) is 0 Å². The number of carbonyl (C=O) groups excluding carboxylic acids is 1. The van der Waals surface area contributed by atoms with Crippen LogP contribution in [0.1, 0.15) is 46.0 Å². The molecule has 1 saturated carbocycles. The van der Waals surface area contributed by atoms with E-state index in [-0.39, 0.29) is 11.5 Å². The Labute approximate surface area is 80.9 Å². The van der Waals surface area contributed by atoms with Crippen LogP contribution in [0.5, 0.6) is 0 Å². The van der Waals surface area contributed by atoms with Crippen LogP contribution in [-0.4, -0.2) is 12.3 Å². The van der Waals surface area contributed by atoms with E-state index in [9.17, 15) is 4.79 Å². The van der Waals surface area contributed by atoms with E-state index in [4.69, 9.17) is 5.73 Å². The number of hydrogen-bond donors (Lipinski definition) is 1. The van der Waals surface area contributed by atoms with Crippen LogP contribution >= 0.6 is 0 Å². The SMILES string of the molecule is CC(C)(C=O)C(N)C1CCCCC1. The molecule has 0 bridgehead atoms. The minimum atomic E-state index is -0.345. The van der Waals surface area contributed by atoms with E-state index in [0.717, 1.165) is 6.29 Å². The average molecular weight is 183 g/mol. The smallest absolute Gasteiger partial charge is 0.127 e. The van der Waals surface area contributed by atoms with Gasteiger partial charge in [0, 0.05) is 11.5 Å². The molecule has 2 N–H and O–H groups in total. The molecule has 13 heavy (non-hydrogen) atoms. The van der Waals surface area contributed by atoms with E-state index >= 15 is 0 Å². The third kappa shape index (κ3) is 2.53. The highest BCUT2D eigenvalue weighted by atomic mass is 16.1. The summed E-state index contributed by atoms with van der Waals surface area (Å²) in [4.78, 5) is 10.8. The summed E-state index contributed by atoms with van der Waals surface area (Å²) in [6, 6.07) is 0.0466. The summed E-state index contributed by atoms with van der Waals surface area (Å²) >= 11 is 0. The molecule has 76 valence electrons. The molecule has 0 heterocycles. The topological polar surface area (TPSA) is 43.1 Å². The Morgan fingerprint density at radius 3 is 2.31 bits per heavy atom. The highest BCUT2D eigenvalue weighted by molar-refractivity contribution is 5.59. The lowest BCUT2D eigenvalue weighted by molar-refractivity contribution is -0.116. The molecule has 0 aromatic carbocycles. The molecule has 0 amide bonds. The van der Waals surface area contributed by atoms with Gasteiger partial charge in [0.25, 0.3) is 0 Å². The lowest BCUT2D eigenvalue weighted by Gasteiger charge is -2.35. The molecular formula is C11H21NO. The summed E-state index contributed by atoms with van der Waals surface area (Å²) in [6.07, 6.45) is 7.33. The van der Waals surface area contributed by atoms with Crippen LogP contribution < -0.4 is 5.73 Å². The molecule has 2 heteroatoms. The third-order valence-corrected chi connectivity index (χ3v) is 3.32. The van der Waals surface area contributed by atoms with Crippen molar-refractivity contribution in [2.75, 3.05) is 0 Å². The van der Waals surface area contributed by atoms with Gasteiger partial charge >= 0.3 is 0 Å². The predicted molar refractivity (Wildman–Crippen MR) is 54.4 cm³/mol. The summed E-state index contributed by atoms with van der Waals surface area (Å²) in [5.74, 6) is 0.564. The second kappa shape index (κ2) is 4.23. The van der Waals surface area contributed by atoms with Gasteiger partial charge in [-0.2, -0.15) is 0 Å². The van der Waals surface area contributed by atoms with Crippen molar-refractivity contribution in [3.05, 3.63) is 0 Å². The van der Waals surface area contributed by atoms with Gasteiger partial charge in [-0.3, -0.25) is 0 Å². The average Bonchev–Trinajstić information content (AvgIpc) is 2.18.